The number of aromatic nitrogens is 2. The lowest BCUT2D eigenvalue weighted by Crippen LogP contribution is -2.14. The van der Waals surface area contributed by atoms with Crippen molar-refractivity contribution >= 4 is 21.4 Å². The number of nitrogens with zero attached hydrogens (tertiary/aromatic N) is 2. The van der Waals surface area contributed by atoms with Gasteiger partial charge in [0.1, 0.15) is 4.90 Å². The lowest BCUT2D eigenvalue weighted by atomic mass is 10.3. The number of sulfonamides is 1. The monoisotopic (exact) mass is 294 g/mol. The molecule has 0 bridgehead atoms. The molecule has 108 valence electrons. The van der Waals surface area contributed by atoms with Gasteiger partial charge in [0.25, 0.3) is 10.0 Å². The maximum absolute atomic E-state index is 12.4. The lowest BCUT2D eigenvalue weighted by molar-refractivity contribution is 0.599. The van der Waals surface area contributed by atoms with E-state index >= 15 is 0 Å². The standard InChI is InChI=1S/C13H18N4O2S/c1-9-13(10(2)17(4)15-9)20(18,19)16-12-7-5-11(14-3)6-8-12/h5-8,14,16H,1-4H3. The summed E-state index contributed by atoms with van der Waals surface area (Å²) in [6.45, 7) is 3.42. The summed E-state index contributed by atoms with van der Waals surface area (Å²) in [6, 6.07) is 7.04. The van der Waals surface area contributed by atoms with Crippen molar-refractivity contribution < 1.29 is 8.42 Å². The minimum atomic E-state index is -3.63. The fourth-order valence-corrected chi connectivity index (χ4v) is 3.55. The van der Waals surface area contributed by atoms with Crippen LogP contribution in [0.4, 0.5) is 11.4 Å². The summed E-state index contributed by atoms with van der Waals surface area (Å²) in [7, 11) is -0.0948. The number of anilines is 2. The molecule has 0 aliphatic carbocycles. The van der Waals surface area contributed by atoms with Crippen LogP contribution in [0.1, 0.15) is 11.4 Å². The molecule has 0 fully saturated rings. The predicted octanol–water partition coefficient (Wildman–Crippen LogP) is 1.88. The van der Waals surface area contributed by atoms with Crippen LogP contribution in [0.5, 0.6) is 0 Å². The van der Waals surface area contributed by atoms with Gasteiger partial charge in [-0.05, 0) is 38.1 Å². The van der Waals surface area contributed by atoms with Crippen LogP contribution in [0, 0.1) is 13.8 Å². The van der Waals surface area contributed by atoms with Crippen LogP contribution in [-0.2, 0) is 17.1 Å². The van der Waals surface area contributed by atoms with Crippen molar-refractivity contribution in [1.82, 2.24) is 9.78 Å². The number of hydrogen-bond donors (Lipinski definition) is 2. The summed E-state index contributed by atoms with van der Waals surface area (Å²) in [5.74, 6) is 0. The Bertz CT molecular complexity index is 718. The first kappa shape index (κ1) is 14.4. The van der Waals surface area contributed by atoms with Crippen LogP contribution < -0.4 is 10.0 Å². The number of aryl methyl sites for hydroxylation is 2. The summed E-state index contributed by atoms with van der Waals surface area (Å²) >= 11 is 0. The van der Waals surface area contributed by atoms with Gasteiger partial charge >= 0.3 is 0 Å². The highest BCUT2D eigenvalue weighted by Crippen LogP contribution is 2.22. The first-order valence-corrected chi connectivity index (χ1v) is 7.64. The van der Waals surface area contributed by atoms with Crippen LogP contribution in [0.2, 0.25) is 0 Å². The zero-order chi connectivity index (χ0) is 14.9. The fourth-order valence-electron chi connectivity index (χ4n) is 2.05. The average Bonchev–Trinajstić information content (AvgIpc) is 2.64. The van der Waals surface area contributed by atoms with Crippen LogP contribution in [0.15, 0.2) is 29.2 Å². The number of hydrogen-bond acceptors (Lipinski definition) is 4. The molecule has 0 radical (unpaired) electrons. The molecule has 0 spiro atoms. The van der Waals surface area contributed by atoms with Crippen molar-refractivity contribution in [3.63, 3.8) is 0 Å². The van der Waals surface area contributed by atoms with Crippen molar-refractivity contribution in [3.05, 3.63) is 35.7 Å². The van der Waals surface area contributed by atoms with Gasteiger partial charge in [-0.1, -0.05) is 0 Å². The second-order valence-electron chi connectivity index (χ2n) is 4.56. The van der Waals surface area contributed by atoms with E-state index in [1.165, 1.54) is 0 Å². The summed E-state index contributed by atoms with van der Waals surface area (Å²) in [4.78, 5) is 0.234. The largest absolute Gasteiger partial charge is 0.388 e. The van der Waals surface area contributed by atoms with Crippen LogP contribution in [-0.4, -0.2) is 25.2 Å². The molecule has 20 heavy (non-hydrogen) atoms. The molecule has 1 aromatic carbocycles. The highest BCUT2D eigenvalue weighted by Gasteiger charge is 2.23. The van der Waals surface area contributed by atoms with E-state index in [-0.39, 0.29) is 4.90 Å². The molecule has 7 heteroatoms. The molecule has 0 amide bonds. The van der Waals surface area contributed by atoms with E-state index in [2.05, 4.69) is 15.1 Å². The highest BCUT2D eigenvalue weighted by molar-refractivity contribution is 7.92. The van der Waals surface area contributed by atoms with Crippen molar-refractivity contribution in [2.75, 3.05) is 17.1 Å². The molecule has 0 aliphatic rings. The predicted molar refractivity (Wildman–Crippen MR) is 79.5 cm³/mol. The highest BCUT2D eigenvalue weighted by atomic mass is 32.2. The molecule has 2 aromatic rings. The third kappa shape index (κ3) is 2.62. The molecule has 0 saturated heterocycles. The molecular weight excluding hydrogens is 276 g/mol. The average molecular weight is 294 g/mol. The van der Waals surface area contributed by atoms with Crippen LogP contribution >= 0.6 is 0 Å². The van der Waals surface area contributed by atoms with E-state index in [1.807, 2.05) is 7.05 Å². The number of nitrogens with one attached hydrogen (secondary N) is 2. The Morgan fingerprint density at radius 3 is 2.10 bits per heavy atom. The molecular formula is C13H18N4O2S. The topological polar surface area (TPSA) is 76.0 Å². The van der Waals surface area contributed by atoms with Gasteiger partial charge in [-0.25, -0.2) is 8.42 Å². The maximum Gasteiger partial charge on any atom is 0.265 e. The van der Waals surface area contributed by atoms with Crippen molar-refractivity contribution in [1.29, 1.82) is 0 Å². The van der Waals surface area contributed by atoms with Gasteiger partial charge < -0.3 is 5.32 Å². The van der Waals surface area contributed by atoms with Gasteiger partial charge in [-0.3, -0.25) is 9.40 Å². The Kier molecular flexibility index (Phi) is 3.71. The summed E-state index contributed by atoms with van der Waals surface area (Å²) in [6.07, 6.45) is 0. The van der Waals surface area contributed by atoms with Gasteiger partial charge in [0, 0.05) is 25.5 Å². The Balaban J connectivity index is 2.35. The molecule has 0 atom stereocenters. The van der Waals surface area contributed by atoms with E-state index in [1.54, 1.807) is 49.8 Å². The molecule has 2 N–H and O–H groups in total. The minimum absolute atomic E-state index is 0.234. The normalized spacial score (nSPS) is 11.4. The van der Waals surface area contributed by atoms with Crippen molar-refractivity contribution in [3.8, 4) is 0 Å². The second-order valence-corrected chi connectivity index (χ2v) is 6.18. The molecule has 2 rings (SSSR count). The molecule has 6 nitrogen and oxygen atoms in total. The van der Waals surface area contributed by atoms with Gasteiger partial charge in [0.2, 0.25) is 0 Å². The van der Waals surface area contributed by atoms with Crippen molar-refractivity contribution in [2.45, 2.75) is 18.7 Å². The second kappa shape index (κ2) is 5.16. The summed E-state index contributed by atoms with van der Waals surface area (Å²) in [5.41, 5.74) is 2.54. The van der Waals surface area contributed by atoms with E-state index in [9.17, 15) is 8.42 Å². The molecule has 1 aromatic heterocycles. The fraction of sp³-hybridized carbons (Fsp3) is 0.308. The van der Waals surface area contributed by atoms with Crippen molar-refractivity contribution in [2.24, 2.45) is 7.05 Å². The minimum Gasteiger partial charge on any atom is -0.388 e. The van der Waals surface area contributed by atoms with Crippen LogP contribution in [0.25, 0.3) is 0 Å². The quantitative estimate of drug-likeness (QED) is 0.902. The maximum atomic E-state index is 12.4. The van der Waals surface area contributed by atoms with E-state index in [0.29, 0.717) is 17.1 Å². The van der Waals surface area contributed by atoms with E-state index in [4.69, 9.17) is 0 Å². The van der Waals surface area contributed by atoms with Gasteiger partial charge in [-0.2, -0.15) is 5.10 Å². The van der Waals surface area contributed by atoms with Gasteiger partial charge in [0.15, 0.2) is 0 Å². The first-order chi connectivity index (χ1) is 9.35. The zero-order valence-electron chi connectivity index (χ0n) is 11.9. The number of benzene rings is 1. The zero-order valence-corrected chi connectivity index (χ0v) is 12.7. The SMILES string of the molecule is CNc1ccc(NS(=O)(=O)c2c(C)nn(C)c2C)cc1. The Hall–Kier alpha value is -2.02. The van der Waals surface area contributed by atoms with E-state index < -0.39 is 10.0 Å². The third-order valence-electron chi connectivity index (χ3n) is 3.14. The third-order valence-corrected chi connectivity index (χ3v) is 4.77. The Morgan fingerprint density at radius 1 is 1.10 bits per heavy atom. The molecule has 0 saturated carbocycles. The van der Waals surface area contributed by atoms with Gasteiger partial charge in [-0.15, -0.1) is 0 Å². The Morgan fingerprint density at radius 2 is 1.65 bits per heavy atom. The molecule has 1 heterocycles. The number of rotatable bonds is 4. The first-order valence-electron chi connectivity index (χ1n) is 6.16. The molecule has 0 unspecified atom stereocenters. The summed E-state index contributed by atoms with van der Waals surface area (Å²) in [5, 5.41) is 7.11. The van der Waals surface area contributed by atoms with Gasteiger partial charge in [0.05, 0.1) is 11.4 Å². The molecule has 0 aliphatic heterocycles. The summed E-state index contributed by atoms with van der Waals surface area (Å²) < 4.78 is 29.0. The van der Waals surface area contributed by atoms with E-state index in [0.717, 1.165) is 5.69 Å². The van der Waals surface area contributed by atoms with Crippen LogP contribution in [0.3, 0.4) is 0 Å². The Labute approximate surface area is 118 Å². The lowest BCUT2D eigenvalue weighted by Gasteiger charge is -2.09. The smallest absolute Gasteiger partial charge is 0.265 e.